The van der Waals surface area contributed by atoms with Crippen molar-refractivity contribution in [3.8, 4) is 0 Å². The first-order chi connectivity index (χ1) is 14.5. The summed E-state index contributed by atoms with van der Waals surface area (Å²) in [4.78, 5) is 28.5. The second kappa shape index (κ2) is 8.78. The lowest BCUT2D eigenvalue weighted by Gasteiger charge is -2.28. The van der Waals surface area contributed by atoms with Gasteiger partial charge in [-0.1, -0.05) is 0 Å². The molecule has 0 saturated carbocycles. The zero-order valence-corrected chi connectivity index (χ0v) is 17.8. The average molecular weight is 407 g/mol. The third-order valence-corrected chi connectivity index (χ3v) is 5.99. The Morgan fingerprint density at radius 3 is 2.33 bits per heavy atom. The minimum absolute atomic E-state index is 0.0634. The first kappa shape index (κ1) is 20.3. The van der Waals surface area contributed by atoms with Gasteiger partial charge in [0, 0.05) is 49.3 Å². The summed E-state index contributed by atoms with van der Waals surface area (Å²) in [6.07, 6.45) is 4.65. The molecule has 2 N–H and O–H groups in total. The highest BCUT2D eigenvalue weighted by molar-refractivity contribution is 5.97. The van der Waals surface area contributed by atoms with Crippen molar-refractivity contribution in [3.63, 3.8) is 0 Å². The van der Waals surface area contributed by atoms with Gasteiger partial charge in [0.15, 0.2) is 0 Å². The number of rotatable bonds is 5. The Labute approximate surface area is 178 Å². The number of benzene rings is 2. The molecule has 1 fully saturated rings. The Kier molecular flexibility index (Phi) is 5.93. The Hall–Kier alpha value is -3.02. The zero-order valence-electron chi connectivity index (χ0n) is 17.8. The third-order valence-electron chi connectivity index (χ3n) is 5.99. The number of anilines is 4. The van der Waals surface area contributed by atoms with Crippen molar-refractivity contribution in [1.29, 1.82) is 0 Å². The normalized spacial score (nSPS) is 16.7. The van der Waals surface area contributed by atoms with E-state index in [0.29, 0.717) is 0 Å². The van der Waals surface area contributed by atoms with Gasteiger partial charge in [0.2, 0.25) is 11.8 Å². The lowest BCUT2D eigenvalue weighted by atomic mass is 10.1. The molecule has 2 aromatic rings. The minimum Gasteiger partial charge on any atom is -0.374 e. The third kappa shape index (κ3) is 4.42. The fourth-order valence-electron chi connectivity index (χ4n) is 4.29. The summed E-state index contributed by atoms with van der Waals surface area (Å²) < 4.78 is 0. The van der Waals surface area contributed by atoms with Gasteiger partial charge in [-0.15, -0.1) is 0 Å². The molecule has 1 saturated heterocycles. The zero-order chi connectivity index (χ0) is 21.1. The highest BCUT2D eigenvalue weighted by Crippen LogP contribution is 2.30. The van der Waals surface area contributed by atoms with Crippen LogP contribution >= 0.6 is 0 Å². The van der Waals surface area contributed by atoms with E-state index in [9.17, 15) is 9.59 Å². The molecular formula is C24H30N4O2. The Morgan fingerprint density at radius 1 is 0.933 bits per heavy atom. The second-order valence-corrected chi connectivity index (χ2v) is 8.21. The van der Waals surface area contributed by atoms with Crippen LogP contribution in [0.4, 0.5) is 22.7 Å². The van der Waals surface area contributed by atoms with Gasteiger partial charge in [-0.3, -0.25) is 9.59 Å². The van der Waals surface area contributed by atoms with Gasteiger partial charge >= 0.3 is 0 Å². The molecule has 4 rings (SSSR count). The van der Waals surface area contributed by atoms with Gasteiger partial charge in [0.1, 0.15) is 6.04 Å². The highest BCUT2D eigenvalue weighted by atomic mass is 16.2. The van der Waals surface area contributed by atoms with E-state index in [1.165, 1.54) is 24.9 Å². The molecule has 2 aliphatic rings. The van der Waals surface area contributed by atoms with Crippen LogP contribution in [0.25, 0.3) is 0 Å². The molecule has 0 radical (unpaired) electrons. The van der Waals surface area contributed by atoms with Gasteiger partial charge in [0.05, 0.1) is 0 Å². The molecule has 1 atom stereocenters. The van der Waals surface area contributed by atoms with Crippen molar-refractivity contribution in [3.05, 3.63) is 48.0 Å². The molecule has 6 nitrogen and oxygen atoms in total. The van der Waals surface area contributed by atoms with Crippen molar-refractivity contribution >= 4 is 34.6 Å². The summed E-state index contributed by atoms with van der Waals surface area (Å²) in [5.74, 6) is -0.0138. The molecule has 2 amide bonds. The van der Waals surface area contributed by atoms with Crippen LogP contribution < -0.4 is 20.4 Å². The summed E-state index contributed by atoms with van der Waals surface area (Å²) in [7, 11) is 0. The lowest BCUT2D eigenvalue weighted by molar-refractivity contribution is -0.117. The molecule has 2 aliphatic heterocycles. The van der Waals surface area contributed by atoms with E-state index in [2.05, 4.69) is 27.7 Å². The van der Waals surface area contributed by atoms with Crippen molar-refractivity contribution < 1.29 is 9.59 Å². The number of nitrogens with one attached hydrogen (secondary N) is 2. The number of fused-ring (bicyclic) bond motifs is 1. The maximum absolute atomic E-state index is 12.6. The highest BCUT2D eigenvalue weighted by Gasteiger charge is 2.23. The fraction of sp³-hybridized carbons (Fsp3) is 0.417. The van der Waals surface area contributed by atoms with Crippen LogP contribution in [0, 0.1) is 0 Å². The van der Waals surface area contributed by atoms with E-state index in [4.69, 9.17) is 0 Å². The smallest absolute Gasteiger partial charge is 0.246 e. The molecule has 0 bridgehead atoms. The number of carbonyl (C=O) groups is 2. The monoisotopic (exact) mass is 406 g/mol. The largest absolute Gasteiger partial charge is 0.374 e. The Bertz CT molecular complexity index is 919. The molecule has 0 unspecified atom stereocenters. The molecule has 2 heterocycles. The lowest BCUT2D eigenvalue weighted by Crippen LogP contribution is -2.32. The SMILES string of the molecule is CC(=O)N1CCc2cc(N[C@H](C)C(=O)Nc3ccc(N4CCCCC4)cc3)ccc21. The van der Waals surface area contributed by atoms with Crippen molar-refractivity contribution in [2.75, 3.05) is 40.1 Å². The Balaban J connectivity index is 1.34. The van der Waals surface area contributed by atoms with Crippen LogP contribution in [-0.4, -0.2) is 37.5 Å². The van der Waals surface area contributed by atoms with E-state index in [1.807, 2.05) is 37.3 Å². The first-order valence-corrected chi connectivity index (χ1v) is 10.8. The number of carbonyl (C=O) groups excluding carboxylic acids is 2. The predicted octanol–water partition coefficient (Wildman–Crippen LogP) is 4.03. The second-order valence-electron chi connectivity index (χ2n) is 8.21. The van der Waals surface area contributed by atoms with Crippen LogP contribution in [-0.2, 0) is 16.0 Å². The van der Waals surface area contributed by atoms with Gasteiger partial charge in [-0.05, 0) is 80.6 Å². The van der Waals surface area contributed by atoms with E-state index >= 15 is 0 Å². The van der Waals surface area contributed by atoms with Crippen molar-refractivity contribution in [1.82, 2.24) is 0 Å². The number of hydrogen-bond donors (Lipinski definition) is 2. The number of piperidine rings is 1. The van der Waals surface area contributed by atoms with E-state index in [-0.39, 0.29) is 17.9 Å². The summed E-state index contributed by atoms with van der Waals surface area (Å²) in [6, 6.07) is 13.7. The molecule has 0 aromatic heterocycles. The van der Waals surface area contributed by atoms with E-state index in [0.717, 1.165) is 48.7 Å². The van der Waals surface area contributed by atoms with Gasteiger partial charge < -0.3 is 20.4 Å². The summed E-state index contributed by atoms with van der Waals surface area (Å²) in [6.45, 7) is 6.38. The van der Waals surface area contributed by atoms with Gasteiger partial charge in [-0.25, -0.2) is 0 Å². The maximum atomic E-state index is 12.6. The summed E-state index contributed by atoms with van der Waals surface area (Å²) in [5, 5.41) is 6.27. The summed E-state index contributed by atoms with van der Waals surface area (Å²) >= 11 is 0. The van der Waals surface area contributed by atoms with Crippen LogP contribution in [0.3, 0.4) is 0 Å². The fourth-order valence-corrected chi connectivity index (χ4v) is 4.29. The number of amides is 2. The molecule has 158 valence electrons. The predicted molar refractivity (Wildman–Crippen MR) is 122 cm³/mol. The van der Waals surface area contributed by atoms with Crippen LogP contribution in [0.5, 0.6) is 0 Å². The first-order valence-electron chi connectivity index (χ1n) is 10.8. The van der Waals surface area contributed by atoms with Crippen molar-refractivity contribution in [2.24, 2.45) is 0 Å². The van der Waals surface area contributed by atoms with Gasteiger partial charge in [0.25, 0.3) is 0 Å². The number of nitrogens with zero attached hydrogens (tertiary/aromatic N) is 2. The molecule has 6 heteroatoms. The Morgan fingerprint density at radius 2 is 1.63 bits per heavy atom. The minimum atomic E-state index is -0.380. The quantitative estimate of drug-likeness (QED) is 0.787. The molecular weight excluding hydrogens is 376 g/mol. The van der Waals surface area contributed by atoms with Crippen LogP contribution in [0.15, 0.2) is 42.5 Å². The molecule has 2 aromatic carbocycles. The molecule has 0 spiro atoms. The average Bonchev–Trinajstić information content (AvgIpc) is 3.18. The summed E-state index contributed by atoms with van der Waals surface area (Å²) in [5.41, 5.74) is 5.02. The molecule has 0 aliphatic carbocycles. The standard InChI is InChI=1S/C24H30N4O2/c1-17(25-21-8-11-23-19(16-21)12-15-28(23)18(2)29)24(30)26-20-6-9-22(10-7-20)27-13-4-3-5-14-27/h6-11,16-17,25H,3-5,12-15H2,1-2H3,(H,26,30)/t17-/m1/s1. The maximum Gasteiger partial charge on any atom is 0.246 e. The van der Waals surface area contributed by atoms with Crippen molar-refractivity contribution in [2.45, 2.75) is 45.6 Å². The van der Waals surface area contributed by atoms with Crippen LogP contribution in [0.2, 0.25) is 0 Å². The van der Waals surface area contributed by atoms with E-state index < -0.39 is 0 Å². The topological polar surface area (TPSA) is 64.7 Å². The number of hydrogen-bond acceptors (Lipinski definition) is 4. The van der Waals surface area contributed by atoms with Crippen LogP contribution in [0.1, 0.15) is 38.7 Å². The van der Waals surface area contributed by atoms with E-state index in [1.54, 1.807) is 11.8 Å². The van der Waals surface area contributed by atoms with Gasteiger partial charge in [-0.2, -0.15) is 0 Å². The molecule has 30 heavy (non-hydrogen) atoms.